The Morgan fingerprint density at radius 2 is 1.64 bits per heavy atom. The van der Waals surface area contributed by atoms with E-state index in [1.807, 2.05) is 48.1 Å². The van der Waals surface area contributed by atoms with Crippen LogP contribution < -0.4 is 11.5 Å². The Labute approximate surface area is 83.0 Å². The summed E-state index contributed by atoms with van der Waals surface area (Å²) in [4.78, 5) is 0. The Morgan fingerprint density at radius 3 is 2.14 bits per heavy atom. The molecule has 0 unspecified atom stereocenters. The molecule has 0 aliphatic rings. The normalized spacial score (nSPS) is 10.4. The highest BCUT2D eigenvalue weighted by Gasteiger charge is 2.05. The molecule has 0 aliphatic heterocycles. The summed E-state index contributed by atoms with van der Waals surface area (Å²) >= 11 is 0. The van der Waals surface area contributed by atoms with Gasteiger partial charge in [0, 0.05) is 24.5 Å². The lowest BCUT2D eigenvalue weighted by Gasteiger charge is -2.05. The second kappa shape index (κ2) is 3.10. The van der Waals surface area contributed by atoms with E-state index < -0.39 is 0 Å². The van der Waals surface area contributed by atoms with E-state index in [1.165, 1.54) is 0 Å². The third-order valence-electron chi connectivity index (χ3n) is 2.29. The van der Waals surface area contributed by atoms with Gasteiger partial charge in [0.1, 0.15) is 0 Å². The summed E-state index contributed by atoms with van der Waals surface area (Å²) in [5.41, 5.74) is 15.2. The van der Waals surface area contributed by atoms with Crippen LogP contribution in [0.5, 0.6) is 0 Å². The summed E-state index contributed by atoms with van der Waals surface area (Å²) in [6.07, 6.45) is 1.95. The van der Waals surface area contributed by atoms with E-state index in [4.69, 9.17) is 11.5 Å². The number of hydrogen-bond acceptors (Lipinski definition) is 2. The molecule has 1 heterocycles. The van der Waals surface area contributed by atoms with Crippen LogP contribution in [0.2, 0.25) is 0 Å². The van der Waals surface area contributed by atoms with Crippen molar-refractivity contribution in [1.82, 2.24) is 4.57 Å². The SMILES string of the molecule is Cn1ccc(N)c1-c1ccc(N)cc1. The molecule has 4 N–H and O–H groups in total. The Hall–Kier alpha value is -1.90. The van der Waals surface area contributed by atoms with Crippen molar-refractivity contribution in [3.8, 4) is 11.3 Å². The number of nitrogens with zero attached hydrogens (tertiary/aromatic N) is 1. The molecule has 0 aliphatic carbocycles. The highest BCUT2D eigenvalue weighted by atomic mass is 14.9. The molecule has 0 saturated carbocycles. The minimum Gasteiger partial charge on any atom is -0.399 e. The first-order valence-electron chi connectivity index (χ1n) is 4.45. The lowest BCUT2D eigenvalue weighted by molar-refractivity contribution is 0.938. The van der Waals surface area contributed by atoms with Crippen molar-refractivity contribution in [2.75, 3.05) is 11.5 Å². The Kier molecular flexibility index (Phi) is 1.93. The number of rotatable bonds is 1. The minimum absolute atomic E-state index is 0.765. The summed E-state index contributed by atoms with van der Waals surface area (Å²) < 4.78 is 2.00. The van der Waals surface area contributed by atoms with Gasteiger partial charge >= 0.3 is 0 Å². The standard InChI is InChI=1S/C11H13N3/c1-14-7-6-10(13)11(14)8-2-4-9(12)5-3-8/h2-7H,12-13H2,1H3. The van der Waals surface area contributed by atoms with E-state index >= 15 is 0 Å². The fraction of sp³-hybridized carbons (Fsp3) is 0.0909. The smallest absolute Gasteiger partial charge is 0.0711 e. The highest BCUT2D eigenvalue weighted by Crippen LogP contribution is 2.26. The van der Waals surface area contributed by atoms with Gasteiger partial charge in [-0.25, -0.2) is 0 Å². The molecule has 0 radical (unpaired) electrons. The van der Waals surface area contributed by atoms with Gasteiger partial charge in [0.05, 0.1) is 11.4 Å². The zero-order valence-corrected chi connectivity index (χ0v) is 8.07. The van der Waals surface area contributed by atoms with Gasteiger partial charge in [0.15, 0.2) is 0 Å². The molecule has 1 aromatic carbocycles. The molecule has 0 atom stereocenters. The molecule has 0 amide bonds. The number of nitrogen functional groups attached to an aromatic ring is 2. The van der Waals surface area contributed by atoms with Crippen LogP contribution in [0.25, 0.3) is 11.3 Å². The van der Waals surface area contributed by atoms with E-state index in [9.17, 15) is 0 Å². The van der Waals surface area contributed by atoms with Crippen molar-refractivity contribution in [1.29, 1.82) is 0 Å². The van der Waals surface area contributed by atoms with Gasteiger partial charge in [-0.05, 0) is 18.2 Å². The molecule has 0 bridgehead atoms. The molecule has 72 valence electrons. The number of benzene rings is 1. The third-order valence-corrected chi connectivity index (χ3v) is 2.29. The summed E-state index contributed by atoms with van der Waals surface area (Å²) in [6.45, 7) is 0. The zero-order chi connectivity index (χ0) is 10.1. The second-order valence-corrected chi connectivity index (χ2v) is 3.35. The van der Waals surface area contributed by atoms with E-state index in [1.54, 1.807) is 0 Å². The Morgan fingerprint density at radius 1 is 1.00 bits per heavy atom. The van der Waals surface area contributed by atoms with Gasteiger partial charge in [-0.15, -0.1) is 0 Å². The summed E-state index contributed by atoms with van der Waals surface area (Å²) in [5.74, 6) is 0. The van der Waals surface area contributed by atoms with Gasteiger partial charge in [-0.2, -0.15) is 0 Å². The van der Waals surface area contributed by atoms with E-state index in [0.29, 0.717) is 0 Å². The van der Waals surface area contributed by atoms with Crippen LogP contribution in [0.3, 0.4) is 0 Å². The van der Waals surface area contributed by atoms with Crippen molar-refractivity contribution in [2.45, 2.75) is 0 Å². The van der Waals surface area contributed by atoms with Crippen LogP contribution in [-0.2, 0) is 7.05 Å². The maximum absolute atomic E-state index is 5.86. The lowest BCUT2D eigenvalue weighted by Crippen LogP contribution is -1.94. The second-order valence-electron chi connectivity index (χ2n) is 3.35. The third kappa shape index (κ3) is 1.33. The zero-order valence-electron chi connectivity index (χ0n) is 8.07. The fourth-order valence-electron chi connectivity index (χ4n) is 1.56. The highest BCUT2D eigenvalue weighted by molar-refractivity contribution is 5.74. The molecule has 2 rings (SSSR count). The van der Waals surface area contributed by atoms with Gasteiger partial charge in [0.2, 0.25) is 0 Å². The van der Waals surface area contributed by atoms with E-state index in [0.717, 1.165) is 22.6 Å². The van der Waals surface area contributed by atoms with Crippen molar-refractivity contribution in [3.05, 3.63) is 36.5 Å². The number of aromatic nitrogens is 1. The molecular weight excluding hydrogens is 174 g/mol. The molecule has 0 saturated heterocycles. The fourth-order valence-corrected chi connectivity index (χ4v) is 1.56. The molecule has 1 aromatic heterocycles. The largest absolute Gasteiger partial charge is 0.399 e. The minimum atomic E-state index is 0.765. The molecule has 0 spiro atoms. The number of hydrogen-bond donors (Lipinski definition) is 2. The first-order valence-corrected chi connectivity index (χ1v) is 4.45. The molecule has 3 nitrogen and oxygen atoms in total. The average Bonchev–Trinajstić information content (AvgIpc) is 2.49. The monoisotopic (exact) mass is 187 g/mol. The van der Waals surface area contributed by atoms with Crippen LogP contribution in [0.4, 0.5) is 11.4 Å². The summed E-state index contributed by atoms with van der Waals surface area (Å²) in [6, 6.07) is 9.59. The van der Waals surface area contributed by atoms with Crippen molar-refractivity contribution in [3.63, 3.8) is 0 Å². The van der Waals surface area contributed by atoms with Gasteiger partial charge in [0.25, 0.3) is 0 Å². The maximum Gasteiger partial charge on any atom is 0.0711 e. The quantitative estimate of drug-likeness (QED) is 0.669. The molecule has 2 aromatic rings. The molecule has 0 fully saturated rings. The predicted octanol–water partition coefficient (Wildman–Crippen LogP) is 1.86. The van der Waals surface area contributed by atoms with Crippen molar-refractivity contribution < 1.29 is 0 Å². The summed E-state index contributed by atoms with van der Waals surface area (Å²) in [7, 11) is 1.97. The van der Waals surface area contributed by atoms with Crippen LogP contribution >= 0.6 is 0 Å². The Balaban J connectivity index is 2.54. The van der Waals surface area contributed by atoms with Crippen LogP contribution in [-0.4, -0.2) is 4.57 Å². The first-order chi connectivity index (χ1) is 6.68. The topological polar surface area (TPSA) is 57.0 Å². The van der Waals surface area contributed by atoms with Crippen LogP contribution in [0, 0.1) is 0 Å². The first kappa shape index (κ1) is 8.69. The lowest BCUT2D eigenvalue weighted by atomic mass is 10.1. The van der Waals surface area contributed by atoms with Crippen LogP contribution in [0.1, 0.15) is 0 Å². The van der Waals surface area contributed by atoms with E-state index in [2.05, 4.69) is 0 Å². The van der Waals surface area contributed by atoms with Gasteiger partial charge in [-0.3, -0.25) is 0 Å². The van der Waals surface area contributed by atoms with Gasteiger partial charge in [-0.1, -0.05) is 12.1 Å². The van der Waals surface area contributed by atoms with Gasteiger partial charge < -0.3 is 16.0 Å². The molecule has 3 heteroatoms. The van der Waals surface area contributed by atoms with Crippen LogP contribution in [0.15, 0.2) is 36.5 Å². The maximum atomic E-state index is 5.86. The molecular formula is C11H13N3. The average molecular weight is 187 g/mol. The predicted molar refractivity (Wildman–Crippen MR) is 59.7 cm³/mol. The Bertz CT molecular complexity index is 421. The molecule has 14 heavy (non-hydrogen) atoms. The number of aryl methyl sites for hydroxylation is 1. The number of anilines is 2. The van der Waals surface area contributed by atoms with E-state index in [-0.39, 0.29) is 0 Å². The van der Waals surface area contributed by atoms with Crippen molar-refractivity contribution in [2.24, 2.45) is 7.05 Å². The van der Waals surface area contributed by atoms with Crippen molar-refractivity contribution >= 4 is 11.4 Å². The number of nitrogens with two attached hydrogens (primary N) is 2. The summed E-state index contributed by atoms with van der Waals surface area (Å²) in [5, 5.41) is 0.